The third-order valence-corrected chi connectivity index (χ3v) is 2.83. The highest BCUT2D eigenvalue weighted by atomic mass is 16.2. The molecular weight excluding hydrogens is 254 g/mol. The number of rotatable bonds is 7. The minimum Gasteiger partial charge on any atom is -0.352 e. The van der Waals surface area contributed by atoms with Crippen LogP contribution in [0, 0.1) is 0 Å². The molecule has 1 atom stereocenters. The van der Waals surface area contributed by atoms with Crippen LogP contribution in [-0.2, 0) is 11.3 Å². The Morgan fingerprint density at radius 1 is 1.15 bits per heavy atom. The molecule has 1 aromatic carbocycles. The zero-order valence-electron chi connectivity index (χ0n) is 12.1. The van der Waals surface area contributed by atoms with E-state index in [0.717, 1.165) is 18.4 Å². The number of amides is 3. The second-order valence-electron chi connectivity index (χ2n) is 4.78. The first kappa shape index (κ1) is 16.0. The van der Waals surface area contributed by atoms with Crippen molar-refractivity contribution in [3.8, 4) is 0 Å². The third kappa shape index (κ3) is 6.78. The molecule has 0 bridgehead atoms. The Hall–Kier alpha value is -2.04. The number of hydrogen-bond acceptors (Lipinski definition) is 2. The standard InChI is InChI=1S/C15H23N3O2/c1-3-7-12(2)18-14(19)11-17-15(20)16-10-13-8-5-4-6-9-13/h4-6,8-9,12H,3,7,10-11H2,1-2H3,(H,18,19)(H2,16,17,20). The summed E-state index contributed by atoms with van der Waals surface area (Å²) < 4.78 is 0. The molecule has 0 aliphatic carbocycles. The second kappa shape index (κ2) is 8.96. The Bertz CT molecular complexity index is 420. The fourth-order valence-corrected chi connectivity index (χ4v) is 1.83. The Kier molecular flexibility index (Phi) is 7.17. The normalized spacial score (nSPS) is 11.5. The summed E-state index contributed by atoms with van der Waals surface area (Å²) in [6.07, 6.45) is 1.96. The Labute approximate surface area is 120 Å². The fourth-order valence-electron chi connectivity index (χ4n) is 1.83. The summed E-state index contributed by atoms with van der Waals surface area (Å²) in [5.41, 5.74) is 1.02. The summed E-state index contributed by atoms with van der Waals surface area (Å²) in [7, 11) is 0. The van der Waals surface area contributed by atoms with Gasteiger partial charge in [-0.05, 0) is 18.9 Å². The van der Waals surface area contributed by atoms with Crippen LogP contribution in [0.3, 0.4) is 0 Å². The molecule has 0 fully saturated rings. The van der Waals surface area contributed by atoms with Gasteiger partial charge in [-0.1, -0.05) is 43.7 Å². The lowest BCUT2D eigenvalue weighted by Gasteiger charge is -2.13. The summed E-state index contributed by atoms with van der Waals surface area (Å²) >= 11 is 0. The average Bonchev–Trinajstić information content (AvgIpc) is 2.44. The Balaban J connectivity index is 2.18. The highest BCUT2D eigenvalue weighted by Crippen LogP contribution is 1.96. The molecule has 0 aliphatic rings. The Morgan fingerprint density at radius 2 is 1.85 bits per heavy atom. The molecule has 5 nitrogen and oxygen atoms in total. The molecule has 1 aromatic rings. The van der Waals surface area contributed by atoms with Crippen LogP contribution in [0.25, 0.3) is 0 Å². The molecule has 110 valence electrons. The van der Waals surface area contributed by atoms with Crippen LogP contribution < -0.4 is 16.0 Å². The smallest absolute Gasteiger partial charge is 0.315 e. The van der Waals surface area contributed by atoms with Crippen molar-refractivity contribution >= 4 is 11.9 Å². The minimum absolute atomic E-state index is 0.00528. The lowest BCUT2D eigenvalue weighted by Crippen LogP contribution is -2.44. The lowest BCUT2D eigenvalue weighted by atomic mass is 10.2. The zero-order chi connectivity index (χ0) is 14.8. The molecule has 0 aliphatic heterocycles. The van der Waals surface area contributed by atoms with Gasteiger partial charge >= 0.3 is 6.03 Å². The van der Waals surface area contributed by atoms with Crippen LogP contribution in [-0.4, -0.2) is 24.5 Å². The van der Waals surface area contributed by atoms with Crippen LogP contribution in [0.4, 0.5) is 4.79 Å². The van der Waals surface area contributed by atoms with Crippen molar-refractivity contribution in [1.82, 2.24) is 16.0 Å². The first-order valence-electron chi connectivity index (χ1n) is 6.96. The molecule has 0 aromatic heterocycles. The van der Waals surface area contributed by atoms with Gasteiger partial charge in [0.1, 0.15) is 0 Å². The van der Waals surface area contributed by atoms with Crippen LogP contribution in [0.1, 0.15) is 32.3 Å². The highest BCUT2D eigenvalue weighted by molar-refractivity contribution is 5.83. The van der Waals surface area contributed by atoms with Crippen molar-refractivity contribution in [3.63, 3.8) is 0 Å². The van der Waals surface area contributed by atoms with Gasteiger partial charge in [-0.2, -0.15) is 0 Å². The maximum absolute atomic E-state index is 11.6. The van der Waals surface area contributed by atoms with Crippen molar-refractivity contribution in [2.45, 2.75) is 39.3 Å². The molecule has 1 rings (SSSR count). The largest absolute Gasteiger partial charge is 0.352 e. The monoisotopic (exact) mass is 277 g/mol. The molecule has 3 amide bonds. The zero-order valence-corrected chi connectivity index (χ0v) is 12.1. The number of benzene rings is 1. The summed E-state index contributed by atoms with van der Waals surface area (Å²) in [5.74, 6) is -0.166. The maximum atomic E-state index is 11.6. The number of hydrogen-bond donors (Lipinski definition) is 3. The average molecular weight is 277 g/mol. The lowest BCUT2D eigenvalue weighted by molar-refractivity contribution is -0.120. The Morgan fingerprint density at radius 3 is 2.50 bits per heavy atom. The van der Waals surface area contributed by atoms with Crippen LogP contribution in [0.2, 0.25) is 0 Å². The van der Waals surface area contributed by atoms with Gasteiger partial charge in [-0.3, -0.25) is 4.79 Å². The molecule has 20 heavy (non-hydrogen) atoms. The number of nitrogens with one attached hydrogen (secondary N) is 3. The molecule has 5 heteroatoms. The molecule has 0 spiro atoms. The number of urea groups is 1. The molecular formula is C15H23N3O2. The van der Waals surface area contributed by atoms with E-state index in [1.54, 1.807) is 0 Å². The summed E-state index contributed by atoms with van der Waals surface area (Å²) in [4.78, 5) is 23.1. The molecule has 1 unspecified atom stereocenters. The van der Waals surface area contributed by atoms with E-state index in [2.05, 4.69) is 22.9 Å². The molecule has 0 heterocycles. The first-order chi connectivity index (χ1) is 9.61. The van der Waals surface area contributed by atoms with Gasteiger partial charge < -0.3 is 16.0 Å². The van der Waals surface area contributed by atoms with Gasteiger partial charge in [-0.15, -0.1) is 0 Å². The van der Waals surface area contributed by atoms with Crippen molar-refractivity contribution in [1.29, 1.82) is 0 Å². The highest BCUT2D eigenvalue weighted by Gasteiger charge is 2.07. The first-order valence-corrected chi connectivity index (χ1v) is 6.96. The van der Waals surface area contributed by atoms with Gasteiger partial charge in [-0.25, -0.2) is 4.79 Å². The second-order valence-corrected chi connectivity index (χ2v) is 4.78. The maximum Gasteiger partial charge on any atom is 0.315 e. The predicted molar refractivity (Wildman–Crippen MR) is 79.2 cm³/mol. The van der Waals surface area contributed by atoms with E-state index < -0.39 is 0 Å². The van der Waals surface area contributed by atoms with Crippen LogP contribution in [0.15, 0.2) is 30.3 Å². The molecule has 0 radical (unpaired) electrons. The quantitative estimate of drug-likeness (QED) is 0.711. The van der Waals surface area contributed by atoms with Gasteiger partial charge in [0, 0.05) is 12.6 Å². The third-order valence-electron chi connectivity index (χ3n) is 2.83. The van der Waals surface area contributed by atoms with Crippen LogP contribution in [0.5, 0.6) is 0 Å². The van der Waals surface area contributed by atoms with E-state index in [9.17, 15) is 9.59 Å². The SMILES string of the molecule is CCCC(C)NC(=O)CNC(=O)NCc1ccccc1. The summed E-state index contributed by atoms with van der Waals surface area (Å²) in [6.45, 7) is 4.46. The number of carbonyl (C=O) groups is 2. The summed E-state index contributed by atoms with van der Waals surface area (Å²) in [6, 6.07) is 9.41. The molecule has 3 N–H and O–H groups in total. The number of carbonyl (C=O) groups excluding carboxylic acids is 2. The van der Waals surface area contributed by atoms with E-state index in [-0.39, 0.29) is 24.5 Å². The van der Waals surface area contributed by atoms with Crippen molar-refractivity contribution in [3.05, 3.63) is 35.9 Å². The van der Waals surface area contributed by atoms with E-state index in [0.29, 0.717) is 6.54 Å². The minimum atomic E-state index is -0.341. The summed E-state index contributed by atoms with van der Waals surface area (Å²) in [5, 5.41) is 8.07. The van der Waals surface area contributed by atoms with Crippen molar-refractivity contribution < 1.29 is 9.59 Å². The van der Waals surface area contributed by atoms with Crippen molar-refractivity contribution in [2.75, 3.05) is 6.54 Å². The van der Waals surface area contributed by atoms with Gasteiger partial charge in [0.25, 0.3) is 0 Å². The molecule has 0 saturated carbocycles. The van der Waals surface area contributed by atoms with E-state index in [1.165, 1.54) is 0 Å². The van der Waals surface area contributed by atoms with E-state index in [4.69, 9.17) is 0 Å². The van der Waals surface area contributed by atoms with Gasteiger partial charge in [0.05, 0.1) is 6.54 Å². The van der Waals surface area contributed by atoms with E-state index in [1.807, 2.05) is 37.3 Å². The van der Waals surface area contributed by atoms with Gasteiger partial charge in [0.15, 0.2) is 0 Å². The molecule has 0 saturated heterocycles. The van der Waals surface area contributed by atoms with Crippen LogP contribution >= 0.6 is 0 Å². The van der Waals surface area contributed by atoms with Gasteiger partial charge in [0.2, 0.25) is 5.91 Å². The fraction of sp³-hybridized carbons (Fsp3) is 0.467. The van der Waals surface area contributed by atoms with Crippen molar-refractivity contribution in [2.24, 2.45) is 0 Å². The topological polar surface area (TPSA) is 70.2 Å². The predicted octanol–water partition coefficient (Wildman–Crippen LogP) is 1.79. The van der Waals surface area contributed by atoms with E-state index >= 15 is 0 Å².